The van der Waals surface area contributed by atoms with Crippen LogP contribution in [0.2, 0.25) is 0 Å². The summed E-state index contributed by atoms with van der Waals surface area (Å²) < 4.78 is 23.3. The fourth-order valence-corrected chi connectivity index (χ4v) is 5.13. The summed E-state index contributed by atoms with van der Waals surface area (Å²) in [5.41, 5.74) is 2.82. The van der Waals surface area contributed by atoms with Crippen molar-refractivity contribution in [3.05, 3.63) is 75.1 Å². The number of carbonyl (C=O) groups is 1. The Morgan fingerprint density at radius 1 is 1.08 bits per heavy atom. The van der Waals surface area contributed by atoms with E-state index in [1.54, 1.807) is 18.8 Å². The fraction of sp³-hybridized carbons (Fsp3) is 0.400. The van der Waals surface area contributed by atoms with E-state index in [1.807, 2.05) is 42.5 Å². The number of hydrogen-bond acceptors (Lipinski definition) is 7. The van der Waals surface area contributed by atoms with Gasteiger partial charge in [-0.1, -0.05) is 44.2 Å². The Bertz CT molecular complexity index is 1360. The molecule has 1 atom stereocenters. The van der Waals surface area contributed by atoms with Gasteiger partial charge in [-0.05, 0) is 41.5 Å². The zero-order chi connectivity index (χ0) is 27.4. The normalized spacial score (nSPS) is 14.1. The summed E-state index contributed by atoms with van der Waals surface area (Å²) in [5, 5.41) is 11.4. The van der Waals surface area contributed by atoms with E-state index < -0.39 is 11.5 Å². The van der Waals surface area contributed by atoms with E-state index in [1.165, 1.54) is 7.11 Å². The van der Waals surface area contributed by atoms with Crippen LogP contribution in [-0.2, 0) is 22.4 Å². The van der Waals surface area contributed by atoms with E-state index >= 15 is 0 Å². The van der Waals surface area contributed by atoms with Gasteiger partial charge in [-0.25, -0.2) is 4.79 Å². The van der Waals surface area contributed by atoms with Gasteiger partial charge in [0.2, 0.25) is 0 Å². The minimum atomic E-state index is -0.859. The molecule has 4 rings (SSSR count). The molecule has 1 N–H and O–H groups in total. The Balaban J connectivity index is 2.00. The first kappa shape index (κ1) is 27.3. The third-order valence-electron chi connectivity index (χ3n) is 7.06. The average Bonchev–Trinajstić information content (AvgIpc) is 2.92. The Kier molecular flexibility index (Phi) is 8.42. The molecule has 8 heteroatoms. The first-order chi connectivity index (χ1) is 18.3. The molecule has 0 amide bonds. The predicted molar refractivity (Wildman–Crippen MR) is 145 cm³/mol. The zero-order valence-corrected chi connectivity index (χ0v) is 22.6. The molecule has 0 aliphatic heterocycles. The molecule has 1 heterocycles. The van der Waals surface area contributed by atoms with Crippen LogP contribution in [0.15, 0.2) is 47.3 Å². The monoisotopic (exact) mass is 521 g/mol. The lowest BCUT2D eigenvalue weighted by Crippen LogP contribution is -2.33. The zero-order valence-electron chi connectivity index (χ0n) is 22.6. The number of pyridine rings is 1. The third-order valence-corrected chi connectivity index (χ3v) is 7.06. The molecule has 202 valence electrons. The number of nitrogens with zero attached hydrogens (tertiary/aromatic N) is 1. The Labute approximate surface area is 222 Å². The minimum Gasteiger partial charge on any atom is -0.506 e. The minimum absolute atomic E-state index is 0.106. The van der Waals surface area contributed by atoms with Crippen molar-refractivity contribution in [3.8, 4) is 28.5 Å². The van der Waals surface area contributed by atoms with Crippen LogP contribution in [-0.4, -0.2) is 50.2 Å². The van der Waals surface area contributed by atoms with E-state index in [2.05, 4.69) is 13.8 Å². The van der Waals surface area contributed by atoms with Gasteiger partial charge in [-0.3, -0.25) is 4.79 Å². The highest BCUT2D eigenvalue weighted by atomic mass is 16.5. The largest absolute Gasteiger partial charge is 0.506 e. The van der Waals surface area contributed by atoms with Crippen molar-refractivity contribution in [1.82, 2.24) is 4.57 Å². The highest BCUT2D eigenvalue weighted by Gasteiger charge is 2.37. The molecule has 0 spiro atoms. The number of methoxy groups -OCH3 is 3. The smallest absolute Gasteiger partial charge is 0.347 e. The van der Waals surface area contributed by atoms with E-state index in [-0.39, 0.29) is 29.7 Å². The van der Waals surface area contributed by atoms with E-state index in [0.717, 1.165) is 23.1 Å². The summed E-state index contributed by atoms with van der Waals surface area (Å²) in [4.78, 5) is 26.5. The van der Waals surface area contributed by atoms with Gasteiger partial charge in [0, 0.05) is 31.3 Å². The van der Waals surface area contributed by atoms with Gasteiger partial charge in [0.15, 0.2) is 17.1 Å². The molecule has 1 aromatic heterocycles. The first-order valence-electron chi connectivity index (χ1n) is 12.8. The lowest BCUT2D eigenvalue weighted by atomic mass is 9.74. The van der Waals surface area contributed by atoms with Crippen LogP contribution >= 0.6 is 0 Å². The molecule has 1 unspecified atom stereocenters. The number of benzene rings is 2. The molecular formula is C30H35NO7. The molecule has 1 aliphatic carbocycles. The standard InChI is InChI=1S/C30H35NO7/c1-18(2)21-14-20-15-24(38-13-9-12-35-3)23(36-4)16-22(20)27-25(21)28(32)26(30(34)37-5)29(33)31(27)17-19-10-7-6-8-11-19/h6-8,10-11,15-16,18,21,32H,9,12-14,17H2,1-5H3. The number of aromatic hydroxyl groups is 1. The van der Waals surface area contributed by atoms with Crippen molar-refractivity contribution >= 4 is 5.97 Å². The summed E-state index contributed by atoms with van der Waals surface area (Å²) in [6.07, 6.45) is 1.32. The van der Waals surface area contributed by atoms with Crippen molar-refractivity contribution in [2.45, 2.75) is 39.2 Å². The van der Waals surface area contributed by atoms with Gasteiger partial charge in [0.25, 0.3) is 5.56 Å². The van der Waals surface area contributed by atoms with Crippen LogP contribution in [0.1, 0.15) is 53.2 Å². The topological polar surface area (TPSA) is 96.2 Å². The van der Waals surface area contributed by atoms with E-state index in [4.69, 9.17) is 18.9 Å². The molecule has 0 saturated heterocycles. The number of carbonyl (C=O) groups excluding carboxylic acids is 1. The van der Waals surface area contributed by atoms with Gasteiger partial charge in [0.05, 0.1) is 33.1 Å². The molecule has 3 aromatic rings. The van der Waals surface area contributed by atoms with Crippen LogP contribution in [0, 0.1) is 5.92 Å². The highest BCUT2D eigenvalue weighted by Crippen LogP contribution is 2.49. The summed E-state index contributed by atoms with van der Waals surface area (Å²) >= 11 is 0. The van der Waals surface area contributed by atoms with Crippen molar-refractivity contribution in [2.75, 3.05) is 34.5 Å². The molecule has 0 fully saturated rings. The van der Waals surface area contributed by atoms with Gasteiger partial charge < -0.3 is 28.6 Å². The molecule has 0 bridgehead atoms. The summed E-state index contributed by atoms with van der Waals surface area (Å²) in [6.45, 7) is 5.40. The molecule has 8 nitrogen and oxygen atoms in total. The van der Waals surface area contributed by atoms with Crippen molar-refractivity contribution in [2.24, 2.45) is 5.92 Å². The molecule has 38 heavy (non-hydrogen) atoms. The van der Waals surface area contributed by atoms with Crippen molar-refractivity contribution in [1.29, 1.82) is 0 Å². The molecule has 2 aromatic carbocycles. The van der Waals surface area contributed by atoms with Crippen LogP contribution in [0.25, 0.3) is 11.3 Å². The third kappa shape index (κ3) is 5.13. The quantitative estimate of drug-likeness (QED) is 0.303. The summed E-state index contributed by atoms with van der Waals surface area (Å²) in [5.74, 6) is -0.0920. The molecule has 1 aliphatic rings. The Morgan fingerprint density at radius 2 is 1.82 bits per heavy atom. The number of ether oxygens (including phenoxy) is 4. The summed E-state index contributed by atoms with van der Waals surface area (Å²) in [6, 6.07) is 13.4. The van der Waals surface area contributed by atoms with E-state index in [0.29, 0.717) is 42.4 Å². The summed E-state index contributed by atoms with van der Waals surface area (Å²) in [7, 11) is 4.43. The number of esters is 1. The van der Waals surface area contributed by atoms with Crippen molar-refractivity contribution in [3.63, 3.8) is 0 Å². The number of fused-ring (bicyclic) bond motifs is 3. The maximum absolute atomic E-state index is 13.8. The second-order valence-corrected chi connectivity index (χ2v) is 9.76. The van der Waals surface area contributed by atoms with Crippen LogP contribution in [0.3, 0.4) is 0 Å². The number of rotatable bonds is 10. The van der Waals surface area contributed by atoms with Gasteiger partial charge in [-0.15, -0.1) is 0 Å². The molecule has 0 saturated carbocycles. The first-order valence-corrected chi connectivity index (χ1v) is 12.8. The lowest BCUT2D eigenvalue weighted by Gasteiger charge is -2.34. The second kappa shape index (κ2) is 11.7. The molecule has 0 radical (unpaired) electrons. The SMILES string of the molecule is COCCCOc1cc2c(cc1OC)-c1c(c(O)c(C(=O)OC)c(=O)n1Cc1ccccc1)C(C(C)C)C2. The predicted octanol–water partition coefficient (Wildman–Crippen LogP) is 4.78. The molecular weight excluding hydrogens is 486 g/mol. The van der Waals surface area contributed by atoms with Gasteiger partial charge in [0.1, 0.15) is 5.75 Å². The maximum Gasteiger partial charge on any atom is 0.347 e. The van der Waals surface area contributed by atoms with Crippen LogP contribution < -0.4 is 15.0 Å². The van der Waals surface area contributed by atoms with Gasteiger partial charge >= 0.3 is 5.97 Å². The fourth-order valence-electron chi connectivity index (χ4n) is 5.13. The maximum atomic E-state index is 13.8. The second-order valence-electron chi connectivity index (χ2n) is 9.76. The van der Waals surface area contributed by atoms with Crippen LogP contribution in [0.5, 0.6) is 17.2 Å². The Hall–Kier alpha value is -3.78. The highest BCUT2D eigenvalue weighted by molar-refractivity contribution is 5.94. The van der Waals surface area contributed by atoms with Crippen LogP contribution in [0.4, 0.5) is 0 Å². The van der Waals surface area contributed by atoms with Crippen molar-refractivity contribution < 1.29 is 28.8 Å². The van der Waals surface area contributed by atoms with Gasteiger partial charge in [-0.2, -0.15) is 0 Å². The Morgan fingerprint density at radius 3 is 2.45 bits per heavy atom. The lowest BCUT2D eigenvalue weighted by molar-refractivity contribution is 0.0594. The number of aromatic nitrogens is 1. The number of hydrogen-bond donors (Lipinski definition) is 1. The van der Waals surface area contributed by atoms with E-state index in [9.17, 15) is 14.7 Å². The average molecular weight is 522 g/mol.